The molecule has 0 aliphatic carbocycles. The quantitative estimate of drug-likeness (QED) is 0.719. The van der Waals surface area contributed by atoms with Crippen LogP contribution in [0.1, 0.15) is 16.5 Å². The number of fused-ring (bicyclic) bond motifs is 1. The summed E-state index contributed by atoms with van der Waals surface area (Å²) in [7, 11) is 0. The fraction of sp³-hybridized carbons (Fsp3) is 0.250. The molecule has 0 aromatic carbocycles. The molecular formula is C12H11N7O. The lowest BCUT2D eigenvalue weighted by Gasteiger charge is -2.38. The second-order valence-electron chi connectivity index (χ2n) is 4.71. The van der Waals surface area contributed by atoms with Crippen LogP contribution in [0, 0.1) is 0 Å². The summed E-state index contributed by atoms with van der Waals surface area (Å²) in [5, 5.41) is 8.47. The van der Waals surface area contributed by atoms with Crippen molar-refractivity contribution >= 4 is 16.9 Å². The summed E-state index contributed by atoms with van der Waals surface area (Å²) in [6.45, 7) is 1.25. The van der Waals surface area contributed by atoms with Gasteiger partial charge in [-0.05, 0) is 6.07 Å². The smallest absolute Gasteiger partial charge is 0.273 e. The van der Waals surface area contributed by atoms with Gasteiger partial charge in [-0.3, -0.25) is 4.79 Å². The Bertz CT molecular complexity index is 757. The molecule has 1 aliphatic heterocycles. The lowest BCUT2D eigenvalue weighted by molar-refractivity contribution is 0.0494. The van der Waals surface area contributed by atoms with E-state index < -0.39 is 0 Å². The molecule has 0 radical (unpaired) electrons. The van der Waals surface area contributed by atoms with Crippen molar-refractivity contribution in [3.63, 3.8) is 0 Å². The maximum atomic E-state index is 12.4. The molecule has 0 spiro atoms. The highest BCUT2D eigenvalue weighted by molar-refractivity contribution is 6.03. The Hall–Kier alpha value is -2.77. The van der Waals surface area contributed by atoms with Crippen LogP contribution in [0.4, 0.5) is 0 Å². The summed E-state index contributed by atoms with van der Waals surface area (Å²) in [4.78, 5) is 25.4. The highest BCUT2D eigenvalue weighted by Gasteiger charge is 2.34. The average Bonchev–Trinajstić information content (AvgIpc) is 3.07. The molecule has 100 valence electrons. The summed E-state index contributed by atoms with van der Waals surface area (Å²) in [6, 6.07) is 2.02. The summed E-state index contributed by atoms with van der Waals surface area (Å²) in [6.07, 6.45) is 6.60. The van der Waals surface area contributed by atoms with E-state index in [1.54, 1.807) is 22.0 Å². The van der Waals surface area contributed by atoms with Gasteiger partial charge in [0.2, 0.25) is 0 Å². The highest BCUT2D eigenvalue weighted by atomic mass is 16.2. The van der Waals surface area contributed by atoms with Crippen molar-refractivity contribution < 1.29 is 4.79 Å². The van der Waals surface area contributed by atoms with E-state index >= 15 is 0 Å². The summed E-state index contributed by atoms with van der Waals surface area (Å²) < 4.78 is 1.77. The van der Waals surface area contributed by atoms with Crippen molar-refractivity contribution in [2.24, 2.45) is 0 Å². The molecule has 8 nitrogen and oxygen atoms in total. The first-order valence-electron chi connectivity index (χ1n) is 6.26. The largest absolute Gasteiger partial charge is 0.346 e. The number of carbonyl (C=O) groups excluding carboxylic acids is 1. The van der Waals surface area contributed by atoms with Gasteiger partial charge in [-0.2, -0.15) is 0 Å². The van der Waals surface area contributed by atoms with Crippen molar-refractivity contribution in [3.8, 4) is 0 Å². The van der Waals surface area contributed by atoms with Crippen molar-refractivity contribution in [2.75, 3.05) is 13.1 Å². The molecule has 3 aromatic heterocycles. The van der Waals surface area contributed by atoms with Crippen molar-refractivity contribution in [2.45, 2.75) is 6.04 Å². The number of amides is 1. The van der Waals surface area contributed by atoms with Gasteiger partial charge < -0.3 is 9.88 Å². The third-order valence-corrected chi connectivity index (χ3v) is 3.52. The first-order valence-corrected chi connectivity index (χ1v) is 6.26. The molecule has 1 N–H and O–H groups in total. The number of rotatable bonds is 2. The van der Waals surface area contributed by atoms with E-state index in [-0.39, 0.29) is 11.9 Å². The van der Waals surface area contributed by atoms with Crippen LogP contribution in [0.3, 0.4) is 0 Å². The minimum absolute atomic E-state index is 0.0756. The van der Waals surface area contributed by atoms with E-state index in [0.717, 1.165) is 5.39 Å². The van der Waals surface area contributed by atoms with Gasteiger partial charge in [-0.15, -0.1) is 5.10 Å². The minimum Gasteiger partial charge on any atom is -0.346 e. The molecule has 1 aliphatic rings. The molecule has 3 aromatic rings. The first-order chi connectivity index (χ1) is 9.83. The molecule has 4 heterocycles. The van der Waals surface area contributed by atoms with Crippen LogP contribution in [0.25, 0.3) is 11.0 Å². The molecule has 20 heavy (non-hydrogen) atoms. The van der Waals surface area contributed by atoms with E-state index in [2.05, 4.69) is 25.3 Å². The van der Waals surface area contributed by atoms with Crippen LogP contribution in [0.15, 0.2) is 31.0 Å². The van der Waals surface area contributed by atoms with E-state index in [1.165, 1.54) is 6.33 Å². The summed E-state index contributed by atoms with van der Waals surface area (Å²) >= 11 is 0. The first kappa shape index (κ1) is 11.1. The van der Waals surface area contributed by atoms with Crippen molar-refractivity contribution in [1.29, 1.82) is 0 Å². The van der Waals surface area contributed by atoms with Crippen LogP contribution < -0.4 is 0 Å². The number of nitrogens with one attached hydrogen (secondary N) is 1. The van der Waals surface area contributed by atoms with Gasteiger partial charge in [-0.1, -0.05) is 5.21 Å². The summed E-state index contributed by atoms with van der Waals surface area (Å²) in [5.41, 5.74) is 1.12. The topological polar surface area (TPSA) is 92.6 Å². The van der Waals surface area contributed by atoms with Crippen LogP contribution in [0.5, 0.6) is 0 Å². The molecule has 0 saturated carbocycles. The van der Waals surface area contributed by atoms with Gasteiger partial charge in [0.25, 0.3) is 5.91 Å². The molecule has 8 heteroatoms. The van der Waals surface area contributed by atoms with Gasteiger partial charge in [0.1, 0.15) is 17.7 Å². The van der Waals surface area contributed by atoms with Crippen LogP contribution in [-0.4, -0.2) is 53.8 Å². The molecule has 4 rings (SSSR count). The zero-order chi connectivity index (χ0) is 13.5. The number of hydrogen-bond donors (Lipinski definition) is 1. The highest BCUT2D eigenvalue weighted by Crippen LogP contribution is 2.23. The fourth-order valence-electron chi connectivity index (χ4n) is 2.39. The molecule has 0 atom stereocenters. The van der Waals surface area contributed by atoms with Crippen molar-refractivity contribution in [1.82, 2.24) is 34.8 Å². The van der Waals surface area contributed by atoms with E-state index in [0.29, 0.717) is 24.4 Å². The van der Waals surface area contributed by atoms with Crippen LogP contribution in [-0.2, 0) is 0 Å². The maximum absolute atomic E-state index is 12.4. The van der Waals surface area contributed by atoms with E-state index in [9.17, 15) is 4.79 Å². The predicted molar refractivity (Wildman–Crippen MR) is 68.9 cm³/mol. The third-order valence-electron chi connectivity index (χ3n) is 3.52. The Balaban J connectivity index is 1.56. The Morgan fingerprint density at radius 1 is 1.35 bits per heavy atom. The molecule has 0 unspecified atom stereocenters. The van der Waals surface area contributed by atoms with E-state index in [1.807, 2.05) is 12.3 Å². The normalized spacial score (nSPS) is 15.5. The van der Waals surface area contributed by atoms with E-state index in [4.69, 9.17) is 0 Å². The lowest BCUT2D eigenvalue weighted by atomic mass is 10.1. The number of likely N-dealkylation sites (tertiary alicyclic amines) is 1. The van der Waals surface area contributed by atoms with Crippen molar-refractivity contribution in [3.05, 3.63) is 36.7 Å². The van der Waals surface area contributed by atoms with Gasteiger partial charge >= 0.3 is 0 Å². The standard InChI is InChI=1S/C12H11N7O/c20-12(10-9-1-2-13-11(9)15-7-14-10)18-5-8(6-18)19-4-3-16-17-19/h1-4,7-8H,5-6H2,(H,13,14,15). The number of aromatic nitrogens is 6. The average molecular weight is 269 g/mol. The lowest BCUT2D eigenvalue weighted by Crippen LogP contribution is -2.51. The van der Waals surface area contributed by atoms with Crippen LogP contribution >= 0.6 is 0 Å². The number of carbonyl (C=O) groups is 1. The maximum Gasteiger partial charge on any atom is 0.273 e. The molecular weight excluding hydrogens is 258 g/mol. The Morgan fingerprint density at radius 2 is 2.25 bits per heavy atom. The Kier molecular flexibility index (Phi) is 2.28. The zero-order valence-electron chi connectivity index (χ0n) is 10.5. The number of H-pyrrole nitrogens is 1. The Morgan fingerprint density at radius 3 is 3.05 bits per heavy atom. The summed E-state index contributed by atoms with van der Waals surface area (Å²) in [5.74, 6) is -0.0756. The van der Waals surface area contributed by atoms with Gasteiger partial charge in [0, 0.05) is 25.5 Å². The van der Waals surface area contributed by atoms with Gasteiger partial charge in [0.15, 0.2) is 0 Å². The molecule has 1 saturated heterocycles. The monoisotopic (exact) mass is 269 g/mol. The SMILES string of the molecule is O=C(c1ncnc2[nH]ccc12)N1CC(n2ccnn2)C1. The number of hydrogen-bond acceptors (Lipinski definition) is 5. The number of aromatic amines is 1. The predicted octanol–water partition coefficient (Wildman–Crippen LogP) is 0.246. The Labute approximate surface area is 113 Å². The fourth-order valence-corrected chi connectivity index (χ4v) is 2.39. The molecule has 0 bridgehead atoms. The van der Waals surface area contributed by atoms with Gasteiger partial charge in [-0.25, -0.2) is 14.6 Å². The number of nitrogens with zero attached hydrogens (tertiary/aromatic N) is 6. The molecule has 1 amide bonds. The zero-order valence-corrected chi connectivity index (χ0v) is 10.5. The second-order valence-corrected chi connectivity index (χ2v) is 4.71. The van der Waals surface area contributed by atoms with Gasteiger partial charge in [0.05, 0.1) is 17.6 Å². The molecule has 1 fully saturated rings. The third kappa shape index (κ3) is 1.58. The second kappa shape index (κ2) is 4.12. The van der Waals surface area contributed by atoms with Crippen LogP contribution in [0.2, 0.25) is 0 Å². The minimum atomic E-state index is -0.0756.